The summed E-state index contributed by atoms with van der Waals surface area (Å²) in [6, 6.07) is 3.60. The summed E-state index contributed by atoms with van der Waals surface area (Å²) in [7, 11) is 0. The lowest BCUT2D eigenvalue weighted by atomic mass is 9.47. The van der Waals surface area contributed by atoms with Crippen LogP contribution in [-0.2, 0) is 4.74 Å². The molecule has 0 N–H and O–H groups in total. The van der Waals surface area contributed by atoms with Gasteiger partial charge in [0.1, 0.15) is 6.10 Å². The van der Waals surface area contributed by atoms with Crippen molar-refractivity contribution in [1.82, 2.24) is 4.98 Å². The van der Waals surface area contributed by atoms with Crippen LogP contribution >= 0.6 is 0 Å². The third kappa shape index (κ3) is 4.69. The van der Waals surface area contributed by atoms with Gasteiger partial charge < -0.3 is 4.74 Å². The molecule has 3 fully saturated rings. The zero-order chi connectivity index (χ0) is 25.5. The Morgan fingerprint density at radius 2 is 1.92 bits per heavy atom. The first-order valence-electron chi connectivity index (χ1n) is 15.0. The number of esters is 1. The third-order valence-electron chi connectivity index (χ3n) is 11.4. The van der Waals surface area contributed by atoms with Crippen molar-refractivity contribution in [3.8, 4) is 0 Å². The molecule has 1 heterocycles. The third-order valence-corrected chi connectivity index (χ3v) is 11.4. The molecule has 0 radical (unpaired) electrons. The van der Waals surface area contributed by atoms with Gasteiger partial charge in [-0.25, -0.2) is 4.79 Å². The first-order chi connectivity index (χ1) is 17.2. The van der Waals surface area contributed by atoms with Crippen LogP contribution in [0.15, 0.2) is 36.2 Å². The van der Waals surface area contributed by atoms with Crippen molar-refractivity contribution in [2.75, 3.05) is 0 Å². The molecule has 3 saturated carbocycles. The summed E-state index contributed by atoms with van der Waals surface area (Å²) in [5.74, 6) is 4.93. The Morgan fingerprint density at radius 3 is 2.67 bits per heavy atom. The monoisotopic (exact) mass is 491 g/mol. The van der Waals surface area contributed by atoms with Crippen LogP contribution in [0.3, 0.4) is 0 Å². The highest BCUT2D eigenvalue weighted by molar-refractivity contribution is 5.89. The van der Waals surface area contributed by atoms with Crippen LogP contribution in [0.4, 0.5) is 0 Å². The molecule has 1 aromatic rings. The van der Waals surface area contributed by atoms with Gasteiger partial charge in [0, 0.05) is 18.8 Å². The van der Waals surface area contributed by atoms with Crippen LogP contribution in [0, 0.1) is 46.3 Å². The first-order valence-corrected chi connectivity index (χ1v) is 15.0. The fourth-order valence-corrected chi connectivity index (χ4v) is 9.46. The van der Waals surface area contributed by atoms with E-state index in [-0.39, 0.29) is 12.1 Å². The van der Waals surface area contributed by atoms with Gasteiger partial charge in [0.2, 0.25) is 0 Å². The average molecular weight is 492 g/mol. The number of carbonyl (C=O) groups excluding carboxylic acids is 1. The second-order valence-electron chi connectivity index (χ2n) is 13.8. The van der Waals surface area contributed by atoms with E-state index in [1.165, 1.54) is 51.4 Å². The number of allylic oxidation sites excluding steroid dienone is 1. The zero-order valence-corrected chi connectivity index (χ0v) is 23.5. The van der Waals surface area contributed by atoms with Crippen molar-refractivity contribution in [1.29, 1.82) is 0 Å². The second-order valence-corrected chi connectivity index (χ2v) is 13.8. The summed E-state index contributed by atoms with van der Waals surface area (Å²) < 4.78 is 5.96. The van der Waals surface area contributed by atoms with E-state index < -0.39 is 0 Å². The maximum atomic E-state index is 12.6. The molecule has 0 amide bonds. The van der Waals surface area contributed by atoms with E-state index in [4.69, 9.17) is 4.74 Å². The number of hydrogen-bond donors (Lipinski definition) is 0. The predicted octanol–water partition coefficient (Wildman–Crippen LogP) is 8.65. The molecule has 8 atom stereocenters. The van der Waals surface area contributed by atoms with Crippen LogP contribution < -0.4 is 0 Å². The maximum Gasteiger partial charge on any atom is 0.339 e. The number of nitrogens with zero attached hydrogens (tertiary/aromatic N) is 1. The molecule has 0 bridgehead atoms. The molecule has 3 nitrogen and oxygen atoms in total. The Morgan fingerprint density at radius 1 is 1.08 bits per heavy atom. The number of aromatic nitrogens is 1. The number of fused-ring (bicyclic) bond motifs is 5. The molecule has 5 rings (SSSR count). The van der Waals surface area contributed by atoms with E-state index in [1.807, 2.05) is 0 Å². The Hall–Kier alpha value is -1.64. The molecule has 1 aromatic heterocycles. The SMILES string of the molecule is CC(C)CCC[C@@H](C)[C@H]1CC[C@H]2[C@@H]3CC=C4C[C@@H](OC(=O)c5cccnc5)CC[C@]4(C)[C@H]3CC[C@]12C. The Labute approximate surface area is 219 Å². The van der Waals surface area contributed by atoms with Gasteiger partial charge in [0.05, 0.1) is 5.56 Å². The molecular formula is C33H49NO2. The highest BCUT2D eigenvalue weighted by Gasteiger charge is 2.59. The molecule has 0 unspecified atom stereocenters. The Bertz CT molecular complexity index is 954. The molecule has 0 spiro atoms. The lowest BCUT2D eigenvalue weighted by molar-refractivity contribution is -0.0594. The summed E-state index contributed by atoms with van der Waals surface area (Å²) in [5.41, 5.74) is 2.97. The van der Waals surface area contributed by atoms with E-state index >= 15 is 0 Å². The summed E-state index contributed by atoms with van der Waals surface area (Å²) in [4.78, 5) is 16.7. The Balaban J connectivity index is 1.25. The molecule has 0 aromatic carbocycles. The van der Waals surface area contributed by atoms with Crippen molar-refractivity contribution in [3.63, 3.8) is 0 Å². The van der Waals surface area contributed by atoms with Gasteiger partial charge in [0.25, 0.3) is 0 Å². The molecule has 198 valence electrons. The largest absolute Gasteiger partial charge is 0.458 e. The molecular weight excluding hydrogens is 442 g/mol. The summed E-state index contributed by atoms with van der Waals surface area (Å²) in [6.45, 7) is 12.5. The minimum absolute atomic E-state index is 0.00462. The van der Waals surface area contributed by atoms with Crippen molar-refractivity contribution in [2.24, 2.45) is 46.3 Å². The maximum absolute atomic E-state index is 12.6. The normalized spacial score (nSPS) is 38.5. The zero-order valence-electron chi connectivity index (χ0n) is 23.5. The molecule has 0 saturated heterocycles. The average Bonchev–Trinajstić information content (AvgIpc) is 3.22. The predicted molar refractivity (Wildman–Crippen MR) is 146 cm³/mol. The fraction of sp³-hybridized carbons (Fsp3) is 0.758. The topological polar surface area (TPSA) is 39.2 Å². The van der Waals surface area contributed by atoms with Crippen LogP contribution in [0.2, 0.25) is 0 Å². The van der Waals surface area contributed by atoms with E-state index in [9.17, 15) is 4.79 Å². The van der Waals surface area contributed by atoms with Gasteiger partial charge in [-0.2, -0.15) is 0 Å². The quantitative estimate of drug-likeness (QED) is 0.283. The molecule has 0 aliphatic heterocycles. The number of rotatable bonds is 7. The van der Waals surface area contributed by atoms with E-state index in [1.54, 1.807) is 30.1 Å². The number of pyridine rings is 1. The molecule has 4 aliphatic carbocycles. The van der Waals surface area contributed by atoms with Crippen molar-refractivity contribution >= 4 is 5.97 Å². The van der Waals surface area contributed by atoms with Crippen LogP contribution in [-0.4, -0.2) is 17.1 Å². The smallest absolute Gasteiger partial charge is 0.339 e. The lowest BCUT2D eigenvalue weighted by Crippen LogP contribution is -2.51. The number of carbonyl (C=O) groups is 1. The van der Waals surface area contributed by atoms with Crippen molar-refractivity contribution in [3.05, 3.63) is 41.7 Å². The van der Waals surface area contributed by atoms with Crippen LogP contribution in [0.5, 0.6) is 0 Å². The van der Waals surface area contributed by atoms with E-state index in [0.29, 0.717) is 16.4 Å². The van der Waals surface area contributed by atoms with Gasteiger partial charge >= 0.3 is 5.97 Å². The Kier molecular flexibility index (Phi) is 7.40. The number of hydrogen-bond acceptors (Lipinski definition) is 3. The standard InChI is InChI=1S/C33H49NO2/c1-22(2)8-6-9-23(3)28-13-14-29-27-12-11-25-20-26(36-31(35)24-10-7-19-34-21-24)15-17-32(25,4)30(27)16-18-33(28,29)5/h7,10-11,19,21-23,26-30H,6,8-9,12-18,20H2,1-5H3/t23-,26+,27+,28-,29+,30+,32+,33-/m1/s1. The van der Waals surface area contributed by atoms with E-state index in [2.05, 4.69) is 45.7 Å². The molecule has 3 heteroatoms. The van der Waals surface area contributed by atoms with Gasteiger partial charge in [-0.15, -0.1) is 0 Å². The molecule has 4 aliphatic rings. The van der Waals surface area contributed by atoms with Crippen molar-refractivity contribution in [2.45, 2.75) is 111 Å². The van der Waals surface area contributed by atoms with Gasteiger partial charge in [-0.1, -0.05) is 65.5 Å². The summed E-state index contributed by atoms with van der Waals surface area (Å²) in [6.07, 6.45) is 20.1. The highest BCUT2D eigenvalue weighted by Crippen LogP contribution is 2.67. The summed E-state index contributed by atoms with van der Waals surface area (Å²) >= 11 is 0. The van der Waals surface area contributed by atoms with Gasteiger partial charge in [0.15, 0.2) is 0 Å². The van der Waals surface area contributed by atoms with Crippen molar-refractivity contribution < 1.29 is 9.53 Å². The fourth-order valence-electron chi connectivity index (χ4n) is 9.46. The highest BCUT2D eigenvalue weighted by atomic mass is 16.5. The van der Waals surface area contributed by atoms with Gasteiger partial charge in [-0.3, -0.25) is 4.98 Å². The van der Waals surface area contributed by atoms with Crippen LogP contribution in [0.25, 0.3) is 0 Å². The number of ether oxygens (including phenoxy) is 1. The minimum atomic E-state index is -0.223. The second kappa shape index (κ2) is 10.3. The first kappa shape index (κ1) is 26.0. The summed E-state index contributed by atoms with van der Waals surface area (Å²) in [5, 5.41) is 0. The molecule has 36 heavy (non-hydrogen) atoms. The van der Waals surface area contributed by atoms with Crippen LogP contribution in [0.1, 0.15) is 116 Å². The minimum Gasteiger partial charge on any atom is -0.458 e. The lowest BCUT2D eigenvalue weighted by Gasteiger charge is -2.58. The van der Waals surface area contributed by atoms with E-state index in [0.717, 1.165) is 54.8 Å². The van der Waals surface area contributed by atoms with Gasteiger partial charge in [-0.05, 0) is 103 Å².